The first kappa shape index (κ1) is 22.4. The normalized spacial score (nSPS) is 14.3. The molecule has 2 heterocycles. The van der Waals surface area contributed by atoms with Crippen molar-refractivity contribution in [2.75, 3.05) is 17.7 Å². The van der Waals surface area contributed by atoms with Gasteiger partial charge in [-0.05, 0) is 42.0 Å². The van der Waals surface area contributed by atoms with Crippen LogP contribution < -0.4 is 15.4 Å². The molecule has 2 N–H and O–H groups in total. The summed E-state index contributed by atoms with van der Waals surface area (Å²) in [5, 5.41) is 10.4. The summed E-state index contributed by atoms with van der Waals surface area (Å²) in [6.45, 7) is 0.288. The lowest BCUT2D eigenvalue weighted by Gasteiger charge is -2.11. The maximum Gasteiger partial charge on any atom is 0.251 e. The molecule has 0 spiro atoms. The van der Waals surface area contributed by atoms with E-state index in [0.717, 1.165) is 16.9 Å². The number of anilines is 2. The van der Waals surface area contributed by atoms with Crippen LogP contribution in [0.15, 0.2) is 84.9 Å². The lowest BCUT2D eigenvalue weighted by molar-refractivity contribution is -0.123. The number of hydrogen-bond acceptors (Lipinski definition) is 5. The Balaban J connectivity index is 1.30. The van der Waals surface area contributed by atoms with Crippen LogP contribution in [0.2, 0.25) is 0 Å². The Kier molecular flexibility index (Phi) is 6.28. The molecule has 1 aliphatic heterocycles. The third kappa shape index (κ3) is 4.78. The van der Waals surface area contributed by atoms with Gasteiger partial charge in [-0.1, -0.05) is 48.5 Å². The van der Waals surface area contributed by atoms with Gasteiger partial charge in [0.05, 0.1) is 18.7 Å². The Bertz CT molecular complexity index is 1340. The number of ether oxygens (including phenoxy) is 2. The monoisotopic (exact) mass is 468 g/mol. The average Bonchev–Trinajstić information content (AvgIpc) is 3.36. The quantitative estimate of drug-likeness (QED) is 0.379. The molecule has 2 amide bonds. The smallest absolute Gasteiger partial charge is 0.251 e. The Morgan fingerprint density at radius 2 is 1.63 bits per heavy atom. The van der Waals surface area contributed by atoms with Crippen LogP contribution in [0.1, 0.15) is 18.2 Å². The van der Waals surface area contributed by atoms with E-state index in [1.54, 1.807) is 36.1 Å². The summed E-state index contributed by atoms with van der Waals surface area (Å²) in [4.78, 5) is 25.6. The molecular weight excluding hydrogens is 444 g/mol. The van der Waals surface area contributed by atoms with Crippen LogP contribution in [0, 0.1) is 0 Å². The van der Waals surface area contributed by atoms with E-state index in [2.05, 4.69) is 15.7 Å². The molecule has 8 heteroatoms. The number of para-hydroxylation sites is 1. The first-order chi connectivity index (χ1) is 17.1. The number of carbonyl (C=O) groups excluding carboxylic acids is 2. The molecule has 0 saturated carbocycles. The fourth-order valence-corrected chi connectivity index (χ4v) is 4.08. The van der Waals surface area contributed by atoms with Gasteiger partial charge in [0.2, 0.25) is 5.91 Å². The van der Waals surface area contributed by atoms with E-state index in [1.807, 2.05) is 60.7 Å². The summed E-state index contributed by atoms with van der Waals surface area (Å²) in [5.74, 6) is 1.41. The van der Waals surface area contributed by atoms with Gasteiger partial charge in [0.15, 0.2) is 0 Å². The first-order valence-electron chi connectivity index (χ1n) is 11.2. The molecule has 3 aromatic carbocycles. The highest BCUT2D eigenvalue weighted by atomic mass is 16.5. The molecule has 1 aromatic heterocycles. The Labute approximate surface area is 202 Å². The van der Waals surface area contributed by atoms with Gasteiger partial charge in [-0.15, -0.1) is 0 Å². The van der Waals surface area contributed by atoms with E-state index >= 15 is 0 Å². The zero-order valence-corrected chi connectivity index (χ0v) is 19.1. The molecule has 4 aromatic rings. The van der Waals surface area contributed by atoms with Crippen molar-refractivity contribution in [3.63, 3.8) is 0 Å². The van der Waals surface area contributed by atoms with Gasteiger partial charge < -0.3 is 20.1 Å². The summed E-state index contributed by atoms with van der Waals surface area (Å²) < 4.78 is 12.7. The fourth-order valence-electron chi connectivity index (χ4n) is 4.08. The van der Waals surface area contributed by atoms with Crippen molar-refractivity contribution in [2.45, 2.75) is 19.1 Å². The predicted molar refractivity (Wildman–Crippen MR) is 132 cm³/mol. The molecule has 5 rings (SSSR count). The van der Waals surface area contributed by atoms with Gasteiger partial charge >= 0.3 is 0 Å². The summed E-state index contributed by atoms with van der Waals surface area (Å²) in [6, 6.07) is 25.5. The summed E-state index contributed by atoms with van der Waals surface area (Å²) >= 11 is 0. The van der Waals surface area contributed by atoms with Gasteiger partial charge in [0, 0.05) is 18.4 Å². The summed E-state index contributed by atoms with van der Waals surface area (Å²) in [7, 11) is 1.60. The largest absolute Gasteiger partial charge is 0.457 e. The number of methoxy groups -OCH3 is 1. The average molecular weight is 469 g/mol. The van der Waals surface area contributed by atoms with Crippen molar-refractivity contribution in [3.8, 4) is 22.6 Å². The maximum absolute atomic E-state index is 12.8. The standard InChI is InChI=1S/C27H24N4O4/c1-34-17-22-25(18-8-4-2-5-9-18)26-29-27(33)23(31(26)30-22)16-24(32)28-19-12-14-21(15-13-19)35-20-10-6-3-7-11-20/h2-15,23H,16-17H2,1H3,(H,28,32)(H,29,33). The Morgan fingerprint density at radius 1 is 0.971 bits per heavy atom. The summed E-state index contributed by atoms with van der Waals surface area (Å²) in [6.07, 6.45) is -0.0522. The van der Waals surface area contributed by atoms with Gasteiger partial charge in [-0.3, -0.25) is 9.59 Å². The van der Waals surface area contributed by atoms with Gasteiger partial charge in [0.1, 0.15) is 23.4 Å². The lowest BCUT2D eigenvalue weighted by atomic mass is 10.1. The topological polar surface area (TPSA) is 94.5 Å². The van der Waals surface area contributed by atoms with Crippen molar-refractivity contribution in [1.82, 2.24) is 9.78 Å². The number of nitrogens with zero attached hydrogens (tertiary/aromatic N) is 2. The number of carbonyl (C=O) groups is 2. The molecule has 0 fully saturated rings. The van der Waals surface area contributed by atoms with E-state index in [-0.39, 0.29) is 24.8 Å². The second kappa shape index (κ2) is 9.82. The zero-order chi connectivity index (χ0) is 24.2. The number of aromatic nitrogens is 2. The molecule has 0 radical (unpaired) electrons. The third-order valence-electron chi connectivity index (χ3n) is 5.66. The van der Waals surface area contributed by atoms with Gasteiger partial charge in [0.25, 0.3) is 5.91 Å². The molecule has 1 unspecified atom stereocenters. The van der Waals surface area contributed by atoms with Crippen LogP contribution in [-0.2, 0) is 20.9 Å². The minimum absolute atomic E-state index is 0.0522. The zero-order valence-electron chi connectivity index (χ0n) is 19.1. The SMILES string of the molecule is COCc1nn2c(c1-c1ccccc1)NC(=O)C2CC(=O)Nc1ccc(Oc2ccccc2)cc1. The molecule has 0 bridgehead atoms. The number of fused-ring (bicyclic) bond motifs is 1. The Morgan fingerprint density at radius 3 is 2.31 bits per heavy atom. The lowest BCUT2D eigenvalue weighted by Crippen LogP contribution is -2.24. The van der Waals surface area contributed by atoms with Crippen molar-refractivity contribution in [1.29, 1.82) is 0 Å². The molecule has 1 aliphatic rings. The van der Waals surface area contributed by atoms with E-state index in [1.165, 1.54) is 0 Å². The van der Waals surface area contributed by atoms with E-state index < -0.39 is 6.04 Å². The van der Waals surface area contributed by atoms with Gasteiger partial charge in [-0.2, -0.15) is 5.10 Å². The number of amides is 2. The van der Waals surface area contributed by atoms with E-state index in [4.69, 9.17) is 9.47 Å². The minimum Gasteiger partial charge on any atom is -0.457 e. The first-order valence-corrected chi connectivity index (χ1v) is 11.2. The highest BCUT2D eigenvalue weighted by Crippen LogP contribution is 2.38. The molecule has 176 valence electrons. The van der Waals surface area contributed by atoms with Crippen LogP contribution in [0.3, 0.4) is 0 Å². The van der Waals surface area contributed by atoms with E-state index in [9.17, 15) is 9.59 Å². The number of rotatable bonds is 8. The van der Waals surface area contributed by atoms with Crippen molar-refractivity contribution >= 4 is 23.3 Å². The van der Waals surface area contributed by atoms with E-state index in [0.29, 0.717) is 22.9 Å². The minimum atomic E-state index is -0.751. The highest BCUT2D eigenvalue weighted by molar-refractivity contribution is 6.04. The molecule has 35 heavy (non-hydrogen) atoms. The second-order valence-electron chi connectivity index (χ2n) is 8.11. The fraction of sp³-hybridized carbons (Fsp3) is 0.148. The number of hydrogen-bond donors (Lipinski definition) is 2. The molecule has 0 saturated heterocycles. The molecule has 8 nitrogen and oxygen atoms in total. The summed E-state index contributed by atoms with van der Waals surface area (Å²) in [5.41, 5.74) is 3.04. The predicted octanol–water partition coefficient (Wildman–Crippen LogP) is 5.01. The second-order valence-corrected chi connectivity index (χ2v) is 8.11. The molecule has 0 aliphatic carbocycles. The van der Waals surface area contributed by atoms with Crippen molar-refractivity contribution < 1.29 is 19.1 Å². The number of benzene rings is 3. The maximum atomic E-state index is 12.8. The van der Waals surface area contributed by atoms with Crippen molar-refractivity contribution in [2.24, 2.45) is 0 Å². The van der Waals surface area contributed by atoms with Crippen LogP contribution in [0.4, 0.5) is 11.5 Å². The highest BCUT2D eigenvalue weighted by Gasteiger charge is 2.37. The molecule has 1 atom stereocenters. The van der Waals surface area contributed by atoms with Crippen LogP contribution in [0.25, 0.3) is 11.1 Å². The van der Waals surface area contributed by atoms with Crippen LogP contribution in [0.5, 0.6) is 11.5 Å². The molecular formula is C27H24N4O4. The third-order valence-corrected chi connectivity index (χ3v) is 5.66. The van der Waals surface area contributed by atoms with Gasteiger partial charge in [-0.25, -0.2) is 4.68 Å². The Hall–Kier alpha value is -4.43. The number of nitrogens with one attached hydrogen (secondary N) is 2. The van der Waals surface area contributed by atoms with Crippen LogP contribution in [-0.4, -0.2) is 28.7 Å². The van der Waals surface area contributed by atoms with Crippen molar-refractivity contribution in [3.05, 3.63) is 90.6 Å². The van der Waals surface area contributed by atoms with Crippen LogP contribution >= 0.6 is 0 Å².